The van der Waals surface area contributed by atoms with E-state index in [1.54, 1.807) is 0 Å². The Morgan fingerprint density at radius 1 is 0.128 bits per heavy atom. The SMILES string of the molecule is c1ccc(-c2cc(-c3ccccc3)cc(-c3ccc4c(c3)B3c5cc(-c6cc(-c7ccccc7)cc(-c7ccccc7)c6)ccc5N(c5c(-c6cccc(-c7ccccc7)c6)cc(-c6ccccc6)cc5-c5cccc(-c6ccccc6)c5)c5cc(-c6ccc7c(c6)c6ccccc6n7-c6ccccc6)cc(c53)N4c3c(-c4cccc(-c5ccccc5)c4)cc(-c4ccccc4)cc3-c3cccc(-c4ccccc4)c3)c2)cc1. The van der Waals surface area contributed by atoms with E-state index in [9.17, 15) is 0 Å². The average Bonchev–Trinajstić information content (AvgIpc) is 1.31. The normalized spacial score (nSPS) is 11.9. The number of benzene rings is 24. The van der Waals surface area contributed by atoms with Gasteiger partial charge in [0.1, 0.15) is 0 Å². The molecule has 0 fully saturated rings. The highest BCUT2D eigenvalue weighted by molar-refractivity contribution is 7.00. The van der Waals surface area contributed by atoms with E-state index in [1.165, 1.54) is 5.39 Å². The Kier molecular flexibility index (Phi) is 22.5. The lowest BCUT2D eigenvalue weighted by molar-refractivity contribution is 1.18. The van der Waals surface area contributed by atoms with Crippen LogP contribution in [0.15, 0.2) is 582 Å². The lowest BCUT2D eigenvalue weighted by atomic mass is 9.33. The molecule has 0 saturated heterocycles. The molecule has 0 atom stereocenters. The summed E-state index contributed by atoms with van der Waals surface area (Å²) in [6, 6.07) is 219. The third-order valence-corrected chi connectivity index (χ3v) is 30.1. The number of para-hydroxylation sites is 2. The summed E-state index contributed by atoms with van der Waals surface area (Å²) >= 11 is 0. The van der Waals surface area contributed by atoms with E-state index in [2.05, 4.69) is 597 Å². The molecule has 0 aliphatic carbocycles. The van der Waals surface area contributed by atoms with Crippen LogP contribution in [0.2, 0.25) is 0 Å². The first kappa shape index (κ1) is 87.7. The fourth-order valence-corrected chi connectivity index (χ4v) is 23.0. The van der Waals surface area contributed by atoms with Crippen LogP contribution in [0.5, 0.6) is 0 Å². The van der Waals surface area contributed by atoms with Gasteiger partial charge in [-0.15, -0.1) is 0 Å². The highest BCUT2D eigenvalue weighted by Crippen LogP contribution is 2.58. The number of fused-ring (bicyclic) bond motifs is 7. The standard InChI is InChI=1S/C144H96BN3/c1-12-40-97(41-13-1)107-60-36-64-114(78-107)129-89-124(105-56-28-9-29-57-105)90-130(115-65-37-61-108(79-115)98-42-14-2-15-43-98)143(129)147-138-76-73-112(122-84-118(101-48-20-5-21-49-101)82-119(85-122)102-50-22-6-23-51-102)93-134(138)145-135-94-113(123-86-120(103-52-24-7-25-53-103)83-121(87-123)104-54-26-8-27-55-104)74-77-139(135)148(141-96-126(95-140(147)142(141)145)111-72-75-137-133(88-111)128-70-34-35-71-136(128)146(137)127-68-32-11-33-69-127)144-131(116-66-38-62-109(80-116)99-44-16-3-17-45-99)91-125(106-58-30-10-31-59-106)92-132(144)117-67-39-63-110(81-117)100-46-18-4-19-47-100/h1-96H. The maximum atomic E-state index is 2.76. The highest BCUT2D eigenvalue weighted by atomic mass is 15.2. The molecular formula is C144H96BN3. The largest absolute Gasteiger partial charge is 0.310 e. The molecule has 2 aliphatic rings. The molecular weight excluding hydrogens is 1780 g/mol. The van der Waals surface area contributed by atoms with Crippen LogP contribution in [0.3, 0.4) is 0 Å². The lowest BCUT2D eigenvalue weighted by Gasteiger charge is -2.46. The summed E-state index contributed by atoms with van der Waals surface area (Å²) in [5.74, 6) is 0. The monoisotopic (exact) mass is 1880 g/mol. The summed E-state index contributed by atoms with van der Waals surface area (Å²) in [5.41, 5.74) is 50.5. The molecule has 2 aliphatic heterocycles. The van der Waals surface area contributed by atoms with Crippen molar-refractivity contribution in [3.05, 3.63) is 582 Å². The van der Waals surface area contributed by atoms with Crippen molar-refractivity contribution in [2.75, 3.05) is 9.80 Å². The number of rotatable bonds is 20. The number of aromatic nitrogens is 1. The van der Waals surface area contributed by atoms with Crippen LogP contribution in [0, 0.1) is 0 Å². The van der Waals surface area contributed by atoms with E-state index in [-0.39, 0.29) is 0 Å². The van der Waals surface area contributed by atoms with Crippen molar-refractivity contribution >= 4 is 79.0 Å². The van der Waals surface area contributed by atoms with Gasteiger partial charge >= 0.3 is 0 Å². The summed E-state index contributed by atoms with van der Waals surface area (Å²) in [5, 5.41) is 2.32. The Bertz CT molecular complexity index is 8560. The average molecular weight is 1880 g/mol. The molecule has 24 aromatic carbocycles. The molecule has 0 spiro atoms. The molecule has 0 amide bonds. The summed E-state index contributed by atoms with van der Waals surface area (Å²) in [6.45, 7) is -0.490. The molecule has 4 heteroatoms. The molecule has 690 valence electrons. The molecule has 0 bridgehead atoms. The van der Waals surface area contributed by atoms with E-state index in [1.807, 2.05) is 0 Å². The summed E-state index contributed by atoms with van der Waals surface area (Å²) in [6.07, 6.45) is 0. The zero-order chi connectivity index (χ0) is 97.9. The molecule has 0 N–H and O–H groups in total. The van der Waals surface area contributed by atoms with Crippen LogP contribution in [0.1, 0.15) is 0 Å². The van der Waals surface area contributed by atoms with Gasteiger partial charge in [0, 0.05) is 61.5 Å². The third kappa shape index (κ3) is 16.3. The van der Waals surface area contributed by atoms with Crippen LogP contribution in [0.25, 0.3) is 217 Å². The van der Waals surface area contributed by atoms with Crippen molar-refractivity contribution in [3.63, 3.8) is 0 Å². The zero-order valence-corrected chi connectivity index (χ0v) is 81.3. The molecule has 0 radical (unpaired) electrons. The van der Waals surface area contributed by atoms with E-state index in [4.69, 9.17) is 0 Å². The van der Waals surface area contributed by atoms with Crippen LogP contribution in [0.4, 0.5) is 34.1 Å². The topological polar surface area (TPSA) is 11.4 Å². The van der Waals surface area contributed by atoms with Gasteiger partial charge in [0.15, 0.2) is 0 Å². The second-order valence-electron chi connectivity index (χ2n) is 38.9. The summed E-state index contributed by atoms with van der Waals surface area (Å²) in [4.78, 5) is 5.51. The molecule has 3 nitrogen and oxygen atoms in total. The molecule has 27 rings (SSSR count). The Hall–Kier alpha value is -19.3. The van der Waals surface area contributed by atoms with E-state index >= 15 is 0 Å². The fourth-order valence-electron chi connectivity index (χ4n) is 23.0. The van der Waals surface area contributed by atoms with Gasteiger partial charge in [-0.3, -0.25) is 0 Å². The van der Waals surface area contributed by atoms with E-state index in [0.717, 1.165) is 262 Å². The minimum absolute atomic E-state index is 0.490. The van der Waals surface area contributed by atoms with Crippen LogP contribution < -0.4 is 26.2 Å². The fraction of sp³-hybridized carbons (Fsp3) is 0. The van der Waals surface area contributed by atoms with Gasteiger partial charge in [-0.05, 0) is 323 Å². The van der Waals surface area contributed by atoms with Gasteiger partial charge < -0.3 is 14.4 Å². The van der Waals surface area contributed by atoms with Gasteiger partial charge in [0.05, 0.1) is 22.4 Å². The minimum Gasteiger partial charge on any atom is -0.310 e. The van der Waals surface area contributed by atoms with Crippen molar-refractivity contribution < 1.29 is 0 Å². The van der Waals surface area contributed by atoms with Gasteiger partial charge in [0.25, 0.3) is 6.71 Å². The van der Waals surface area contributed by atoms with E-state index < -0.39 is 6.71 Å². The zero-order valence-electron chi connectivity index (χ0n) is 81.3. The van der Waals surface area contributed by atoms with Crippen molar-refractivity contribution in [3.8, 4) is 195 Å². The maximum absolute atomic E-state index is 2.76. The van der Waals surface area contributed by atoms with Crippen LogP contribution in [-0.2, 0) is 0 Å². The van der Waals surface area contributed by atoms with Crippen molar-refractivity contribution in [2.45, 2.75) is 0 Å². The van der Waals surface area contributed by atoms with Gasteiger partial charge in [-0.1, -0.05) is 443 Å². The third-order valence-electron chi connectivity index (χ3n) is 30.1. The molecule has 25 aromatic rings. The van der Waals surface area contributed by atoms with E-state index in [0.29, 0.717) is 0 Å². The Balaban J connectivity index is 0.844. The second kappa shape index (κ2) is 37.9. The van der Waals surface area contributed by atoms with Gasteiger partial charge in [0.2, 0.25) is 0 Å². The predicted molar refractivity (Wildman–Crippen MR) is 627 cm³/mol. The van der Waals surface area contributed by atoms with Crippen LogP contribution >= 0.6 is 0 Å². The summed E-state index contributed by atoms with van der Waals surface area (Å²) < 4.78 is 2.44. The smallest absolute Gasteiger partial charge is 0.252 e. The predicted octanol–water partition coefficient (Wildman–Crippen LogP) is 37.2. The van der Waals surface area contributed by atoms with Crippen molar-refractivity contribution in [2.24, 2.45) is 0 Å². The number of hydrogen-bond donors (Lipinski definition) is 0. The number of nitrogens with zero attached hydrogens (tertiary/aromatic N) is 3. The van der Waals surface area contributed by atoms with Crippen molar-refractivity contribution in [1.29, 1.82) is 0 Å². The Labute approximate surface area is 864 Å². The summed E-state index contributed by atoms with van der Waals surface area (Å²) in [7, 11) is 0. The Morgan fingerprint density at radius 3 is 0.655 bits per heavy atom. The maximum Gasteiger partial charge on any atom is 0.252 e. The minimum atomic E-state index is -0.490. The second-order valence-corrected chi connectivity index (χ2v) is 38.9. The number of anilines is 6. The Morgan fingerprint density at radius 2 is 0.345 bits per heavy atom. The van der Waals surface area contributed by atoms with Crippen LogP contribution in [-0.4, -0.2) is 11.3 Å². The first-order valence-corrected chi connectivity index (χ1v) is 51.2. The first-order valence-electron chi connectivity index (χ1n) is 51.2. The lowest BCUT2D eigenvalue weighted by Crippen LogP contribution is -2.61. The van der Waals surface area contributed by atoms with Crippen molar-refractivity contribution in [1.82, 2.24) is 4.57 Å². The quantitative estimate of drug-likeness (QED) is 0.0705. The molecule has 1 aromatic heterocycles. The first-order chi connectivity index (χ1) is 73.4. The molecule has 148 heavy (non-hydrogen) atoms. The molecule has 3 heterocycles. The van der Waals surface area contributed by atoms with Gasteiger partial charge in [-0.2, -0.15) is 0 Å². The number of hydrogen-bond acceptors (Lipinski definition) is 2. The molecule has 0 saturated carbocycles. The highest BCUT2D eigenvalue weighted by Gasteiger charge is 2.47. The molecule has 0 unspecified atom stereocenters. The van der Waals surface area contributed by atoms with Gasteiger partial charge in [-0.25, -0.2) is 0 Å².